The summed E-state index contributed by atoms with van der Waals surface area (Å²) in [7, 11) is 0. The molecule has 182 valence electrons. The third-order valence-electron chi connectivity index (χ3n) is 5.57. The number of aromatic nitrogens is 1. The molecule has 8 nitrogen and oxygen atoms in total. The fourth-order valence-corrected chi connectivity index (χ4v) is 3.90. The van der Waals surface area contributed by atoms with Crippen molar-refractivity contribution in [3.63, 3.8) is 0 Å². The van der Waals surface area contributed by atoms with E-state index in [0.29, 0.717) is 16.3 Å². The lowest BCUT2D eigenvalue weighted by Gasteiger charge is -2.18. The maximum atomic E-state index is 13.2. The third-order valence-corrected chi connectivity index (χ3v) is 5.89. The fraction of sp³-hybridized carbons (Fsp3) is 0.0741. The summed E-state index contributed by atoms with van der Waals surface area (Å²) in [6.45, 7) is 0. The molecular weight excluding hydrogens is 480 g/mol. The van der Waals surface area contributed by atoms with E-state index >= 15 is 0 Å². The van der Waals surface area contributed by atoms with Crippen LogP contribution in [0.2, 0.25) is 5.02 Å². The van der Waals surface area contributed by atoms with Gasteiger partial charge in [-0.1, -0.05) is 54.1 Å². The summed E-state index contributed by atoms with van der Waals surface area (Å²) in [4.78, 5) is 40.6. The van der Waals surface area contributed by atoms with Crippen LogP contribution in [0.5, 0.6) is 0 Å². The molecule has 0 radical (unpaired) electrons. The number of hydrogen-bond donors (Lipinski definition) is 5. The molecule has 5 N–H and O–H groups in total. The first kappa shape index (κ1) is 24.7. The van der Waals surface area contributed by atoms with Gasteiger partial charge in [0, 0.05) is 35.2 Å². The number of para-hydroxylation sites is 2. The summed E-state index contributed by atoms with van der Waals surface area (Å²) in [5.74, 6) is -1.51. The van der Waals surface area contributed by atoms with Crippen molar-refractivity contribution in [3.05, 3.63) is 107 Å². The van der Waals surface area contributed by atoms with Gasteiger partial charge in [-0.3, -0.25) is 19.6 Å². The Morgan fingerprint density at radius 1 is 0.972 bits per heavy atom. The summed E-state index contributed by atoms with van der Waals surface area (Å²) in [6, 6.07) is 20.0. The highest BCUT2D eigenvalue weighted by Crippen LogP contribution is 2.22. The van der Waals surface area contributed by atoms with Gasteiger partial charge in [0.05, 0.1) is 10.7 Å². The Labute approximate surface area is 211 Å². The molecular formula is C27H23ClN4O4. The SMILES string of the molecule is O=C(/C=C/c1ccc(C(=O)NO)cc1)N[C@@H](Cc1c[nH]c2ccccc12)C(=O)Nc1ccccc1Cl. The number of hydroxylamine groups is 1. The first-order valence-corrected chi connectivity index (χ1v) is 11.5. The minimum absolute atomic E-state index is 0.255. The average molecular weight is 503 g/mol. The highest BCUT2D eigenvalue weighted by Gasteiger charge is 2.22. The van der Waals surface area contributed by atoms with Gasteiger partial charge in [0.1, 0.15) is 6.04 Å². The predicted molar refractivity (Wildman–Crippen MR) is 139 cm³/mol. The van der Waals surface area contributed by atoms with Crippen LogP contribution in [0.4, 0.5) is 5.69 Å². The van der Waals surface area contributed by atoms with Crippen LogP contribution in [-0.4, -0.2) is 34.0 Å². The predicted octanol–water partition coefficient (Wildman–Crippen LogP) is 4.32. The normalized spacial score (nSPS) is 11.8. The number of fused-ring (bicyclic) bond motifs is 1. The Morgan fingerprint density at radius 3 is 2.44 bits per heavy atom. The fourth-order valence-electron chi connectivity index (χ4n) is 3.71. The van der Waals surface area contributed by atoms with Gasteiger partial charge in [-0.2, -0.15) is 0 Å². The zero-order chi connectivity index (χ0) is 25.5. The molecule has 4 rings (SSSR count). The highest BCUT2D eigenvalue weighted by atomic mass is 35.5. The number of carbonyl (C=O) groups excluding carboxylic acids is 3. The van der Waals surface area contributed by atoms with Crippen LogP contribution >= 0.6 is 11.6 Å². The van der Waals surface area contributed by atoms with Gasteiger partial charge in [-0.05, 0) is 47.5 Å². The number of nitrogens with one attached hydrogen (secondary N) is 4. The van der Waals surface area contributed by atoms with Crippen LogP contribution in [0, 0.1) is 0 Å². The van der Waals surface area contributed by atoms with Gasteiger partial charge in [0.25, 0.3) is 5.91 Å². The van der Waals surface area contributed by atoms with Gasteiger partial charge in [0.15, 0.2) is 0 Å². The molecule has 0 saturated carbocycles. The van der Waals surface area contributed by atoms with E-state index in [1.807, 2.05) is 30.5 Å². The van der Waals surface area contributed by atoms with Crippen molar-refractivity contribution in [3.8, 4) is 0 Å². The molecule has 1 heterocycles. The standard InChI is InChI=1S/C27H23ClN4O4/c28-21-6-2-4-8-23(21)31-27(35)24(15-19-16-29-22-7-3-1-5-20(19)22)30-25(33)14-11-17-9-12-18(13-10-17)26(34)32-36/h1-14,16,24,29,36H,15H2,(H,30,33)(H,31,35)(H,32,34)/b14-11+/t24-/m0/s1. The molecule has 3 aromatic carbocycles. The lowest BCUT2D eigenvalue weighted by Crippen LogP contribution is -2.44. The molecule has 0 aliphatic heterocycles. The zero-order valence-corrected chi connectivity index (χ0v) is 19.8. The van der Waals surface area contributed by atoms with Crippen LogP contribution in [0.3, 0.4) is 0 Å². The molecule has 0 saturated heterocycles. The molecule has 0 aliphatic carbocycles. The lowest BCUT2D eigenvalue weighted by atomic mass is 10.0. The summed E-state index contributed by atoms with van der Waals surface area (Å²) >= 11 is 6.20. The van der Waals surface area contributed by atoms with E-state index in [0.717, 1.165) is 16.5 Å². The van der Waals surface area contributed by atoms with Gasteiger partial charge in [-0.25, -0.2) is 5.48 Å². The van der Waals surface area contributed by atoms with Gasteiger partial charge >= 0.3 is 0 Å². The number of amides is 3. The van der Waals surface area contributed by atoms with Crippen LogP contribution in [0.15, 0.2) is 85.1 Å². The summed E-state index contributed by atoms with van der Waals surface area (Å²) in [6.07, 6.45) is 4.95. The van der Waals surface area contributed by atoms with Gasteiger partial charge in [0.2, 0.25) is 11.8 Å². The van der Waals surface area contributed by atoms with E-state index in [2.05, 4.69) is 15.6 Å². The molecule has 0 fully saturated rings. The monoisotopic (exact) mass is 502 g/mol. The maximum Gasteiger partial charge on any atom is 0.274 e. The van der Waals surface area contributed by atoms with Crippen molar-refractivity contribution < 1.29 is 19.6 Å². The van der Waals surface area contributed by atoms with Crippen molar-refractivity contribution >= 4 is 52.0 Å². The Hall–Kier alpha value is -4.40. The lowest BCUT2D eigenvalue weighted by molar-refractivity contribution is -0.123. The molecule has 0 unspecified atom stereocenters. The quantitative estimate of drug-likeness (QED) is 0.140. The molecule has 9 heteroatoms. The number of H-pyrrole nitrogens is 1. The zero-order valence-electron chi connectivity index (χ0n) is 19.0. The van der Waals surface area contributed by atoms with Crippen molar-refractivity contribution in [1.82, 2.24) is 15.8 Å². The molecule has 0 aliphatic rings. The largest absolute Gasteiger partial charge is 0.361 e. The Bertz CT molecular complexity index is 1430. The van der Waals surface area contributed by atoms with E-state index in [9.17, 15) is 14.4 Å². The van der Waals surface area contributed by atoms with E-state index in [1.54, 1.807) is 48.0 Å². The number of halogens is 1. The second-order valence-corrected chi connectivity index (χ2v) is 8.40. The number of hydrogen-bond acceptors (Lipinski definition) is 4. The minimum atomic E-state index is -0.881. The van der Waals surface area contributed by atoms with Crippen molar-refractivity contribution in [1.29, 1.82) is 0 Å². The summed E-state index contributed by atoms with van der Waals surface area (Å²) in [5.41, 5.74) is 4.76. The molecule has 4 aromatic rings. The van der Waals surface area contributed by atoms with E-state index in [4.69, 9.17) is 16.8 Å². The average Bonchev–Trinajstić information content (AvgIpc) is 3.31. The molecule has 1 atom stereocenters. The highest BCUT2D eigenvalue weighted by molar-refractivity contribution is 6.33. The third kappa shape index (κ3) is 5.99. The number of rotatable bonds is 8. The van der Waals surface area contributed by atoms with Gasteiger partial charge in [-0.15, -0.1) is 0 Å². The molecule has 0 spiro atoms. The second-order valence-electron chi connectivity index (χ2n) is 7.99. The Kier molecular flexibility index (Phi) is 7.79. The van der Waals surface area contributed by atoms with Crippen molar-refractivity contribution in [2.24, 2.45) is 0 Å². The van der Waals surface area contributed by atoms with Crippen LogP contribution in [-0.2, 0) is 16.0 Å². The van der Waals surface area contributed by atoms with Crippen LogP contribution < -0.4 is 16.1 Å². The maximum absolute atomic E-state index is 13.2. The minimum Gasteiger partial charge on any atom is -0.361 e. The molecule has 1 aromatic heterocycles. The second kappa shape index (κ2) is 11.4. The number of benzene rings is 3. The Morgan fingerprint density at radius 2 is 1.69 bits per heavy atom. The van der Waals surface area contributed by atoms with E-state index in [-0.39, 0.29) is 12.0 Å². The van der Waals surface area contributed by atoms with E-state index < -0.39 is 23.8 Å². The number of anilines is 1. The first-order valence-electron chi connectivity index (χ1n) is 11.1. The van der Waals surface area contributed by atoms with Gasteiger partial charge < -0.3 is 15.6 Å². The molecule has 0 bridgehead atoms. The summed E-state index contributed by atoms with van der Waals surface area (Å²) < 4.78 is 0. The number of aromatic amines is 1. The summed E-state index contributed by atoms with van der Waals surface area (Å²) in [5, 5.41) is 15.6. The van der Waals surface area contributed by atoms with Crippen molar-refractivity contribution in [2.75, 3.05) is 5.32 Å². The van der Waals surface area contributed by atoms with Crippen molar-refractivity contribution in [2.45, 2.75) is 12.5 Å². The molecule has 36 heavy (non-hydrogen) atoms. The van der Waals surface area contributed by atoms with E-state index in [1.165, 1.54) is 18.2 Å². The first-order chi connectivity index (χ1) is 17.4. The Balaban J connectivity index is 1.52. The topological polar surface area (TPSA) is 123 Å². The van der Waals surface area contributed by atoms with Crippen LogP contribution in [0.1, 0.15) is 21.5 Å². The van der Waals surface area contributed by atoms with Crippen LogP contribution in [0.25, 0.3) is 17.0 Å². The smallest absolute Gasteiger partial charge is 0.274 e. The molecule has 3 amide bonds. The number of carbonyl (C=O) groups is 3.